The van der Waals surface area contributed by atoms with Crippen LogP contribution in [0.2, 0.25) is 0 Å². The van der Waals surface area contributed by atoms with Crippen molar-refractivity contribution in [3.63, 3.8) is 0 Å². The number of aliphatic hydroxyl groups is 1. The highest BCUT2D eigenvalue weighted by atomic mass is 16.6. The standard InChI is InChI=1S/C22H30N2O3/c1-22(2,3)27-21(26)24(14-7-11-20-10-4-5-13-23-20)17-19-9-6-8-18(16-19)12-15-25/h4-6,8-10,13,16,25H,7,11-12,14-15,17H2,1-3H3. The van der Waals surface area contributed by atoms with Gasteiger partial charge in [0.2, 0.25) is 0 Å². The number of ether oxygens (including phenoxy) is 1. The number of carbonyl (C=O) groups excluding carboxylic acids is 1. The molecule has 2 aromatic rings. The lowest BCUT2D eigenvalue weighted by atomic mass is 10.1. The molecule has 5 nitrogen and oxygen atoms in total. The molecule has 0 aliphatic heterocycles. The van der Waals surface area contributed by atoms with Gasteiger partial charge in [0.15, 0.2) is 0 Å². The lowest BCUT2D eigenvalue weighted by Gasteiger charge is -2.27. The average molecular weight is 370 g/mol. The number of rotatable bonds is 8. The first-order chi connectivity index (χ1) is 12.9. The van der Waals surface area contributed by atoms with Crippen molar-refractivity contribution in [1.82, 2.24) is 9.88 Å². The number of pyridine rings is 1. The number of nitrogens with zero attached hydrogens (tertiary/aromatic N) is 2. The predicted molar refractivity (Wildman–Crippen MR) is 106 cm³/mol. The molecule has 0 atom stereocenters. The van der Waals surface area contributed by atoms with E-state index in [0.717, 1.165) is 29.7 Å². The highest BCUT2D eigenvalue weighted by molar-refractivity contribution is 5.68. The zero-order chi connectivity index (χ0) is 19.7. The van der Waals surface area contributed by atoms with Crippen molar-refractivity contribution in [1.29, 1.82) is 0 Å². The Morgan fingerprint density at radius 1 is 1.11 bits per heavy atom. The summed E-state index contributed by atoms with van der Waals surface area (Å²) in [5, 5.41) is 9.14. The first-order valence-electron chi connectivity index (χ1n) is 9.44. The Morgan fingerprint density at radius 3 is 2.56 bits per heavy atom. The van der Waals surface area contributed by atoms with Gasteiger partial charge >= 0.3 is 6.09 Å². The largest absolute Gasteiger partial charge is 0.444 e. The number of aryl methyl sites for hydroxylation is 1. The molecule has 0 fully saturated rings. The molecule has 0 unspecified atom stereocenters. The average Bonchev–Trinajstić information content (AvgIpc) is 2.61. The Morgan fingerprint density at radius 2 is 1.89 bits per heavy atom. The van der Waals surface area contributed by atoms with Gasteiger partial charge in [-0.15, -0.1) is 0 Å². The number of aromatic nitrogens is 1. The van der Waals surface area contributed by atoms with Crippen LogP contribution in [0.4, 0.5) is 4.79 Å². The van der Waals surface area contributed by atoms with Crippen LogP contribution < -0.4 is 0 Å². The second-order valence-electron chi connectivity index (χ2n) is 7.62. The Balaban J connectivity index is 2.04. The van der Waals surface area contributed by atoms with Crippen LogP contribution in [0, 0.1) is 0 Å². The van der Waals surface area contributed by atoms with Crippen LogP contribution in [0.3, 0.4) is 0 Å². The second kappa shape index (κ2) is 10.1. The number of amides is 1. The van der Waals surface area contributed by atoms with Gasteiger partial charge in [0.25, 0.3) is 0 Å². The molecule has 1 amide bonds. The van der Waals surface area contributed by atoms with Crippen LogP contribution in [0.25, 0.3) is 0 Å². The van der Waals surface area contributed by atoms with E-state index < -0.39 is 5.60 Å². The SMILES string of the molecule is CC(C)(C)OC(=O)N(CCCc1ccccn1)Cc1cccc(CCO)c1. The molecule has 0 aliphatic carbocycles. The summed E-state index contributed by atoms with van der Waals surface area (Å²) in [7, 11) is 0. The molecule has 0 saturated carbocycles. The van der Waals surface area contributed by atoms with E-state index in [2.05, 4.69) is 4.98 Å². The van der Waals surface area contributed by atoms with E-state index in [-0.39, 0.29) is 12.7 Å². The van der Waals surface area contributed by atoms with E-state index in [9.17, 15) is 4.79 Å². The van der Waals surface area contributed by atoms with E-state index in [0.29, 0.717) is 19.5 Å². The van der Waals surface area contributed by atoms with Crippen LogP contribution in [0.1, 0.15) is 44.0 Å². The van der Waals surface area contributed by atoms with E-state index in [1.54, 1.807) is 11.1 Å². The molecule has 0 aliphatic rings. The van der Waals surface area contributed by atoms with Crippen molar-refractivity contribution in [2.75, 3.05) is 13.2 Å². The van der Waals surface area contributed by atoms with E-state index in [1.165, 1.54) is 0 Å². The fourth-order valence-corrected chi connectivity index (χ4v) is 2.79. The van der Waals surface area contributed by atoms with Gasteiger partial charge in [-0.2, -0.15) is 0 Å². The third-order valence-corrected chi connectivity index (χ3v) is 4.00. The van der Waals surface area contributed by atoms with Gasteiger partial charge in [0.05, 0.1) is 0 Å². The van der Waals surface area contributed by atoms with E-state index >= 15 is 0 Å². The summed E-state index contributed by atoms with van der Waals surface area (Å²) in [5.74, 6) is 0. The summed E-state index contributed by atoms with van der Waals surface area (Å²) in [5.41, 5.74) is 2.58. The number of carbonyl (C=O) groups is 1. The van der Waals surface area contributed by atoms with Crippen LogP contribution >= 0.6 is 0 Å². The monoisotopic (exact) mass is 370 g/mol. The number of hydrogen-bond acceptors (Lipinski definition) is 4. The van der Waals surface area contributed by atoms with Gasteiger partial charge < -0.3 is 14.7 Å². The van der Waals surface area contributed by atoms with Crippen LogP contribution in [-0.4, -0.2) is 39.8 Å². The molecule has 2 rings (SSSR count). The molecule has 0 saturated heterocycles. The Bertz CT molecular complexity index is 711. The minimum Gasteiger partial charge on any atom is -0.444 e. The minimum absolute atomic E-state index is 0.114. The molecule has 27 heavy (non-hydrogen) atoms. The highest BCUT2D eigenvalue weighted by Gasteiger charge is 2.22. The fraction of sp³-hybridized carbons (Fsp3) is 0.455. The molecule has 0 spiro atoms. The summed E-state index contributed by atoms with van der Waals surface area (Å²) in [6.07, 6.45) is 3.71. The summed E-state index contributed by atoms with van der Waals surface area (Å²) in [6.45, 7) is 6.81. The highest BCUT2D eigenvalue weighted by Crippen LogP contribution is 2.15. The van der Waals surface area contributed by atoms with Crippen molar-refractivity contribution in [3.05, 3.63) is 65.5 Å². The molecular formula is C22H30N2O3. The summed E-state index contributed by atoms with van der Waals surface area (Å²) in [6, 6.07) is 13.8. The smallest absolute Gasteiger partial charge is 0.410 e. The molecule has 1 N–H and O–H groups in total. The normalized spacial score (nSPS) is 11.3. The maximum Gasteiger partial charge on any atom is 0.410 e. The molecular weight excluding hydrogens is 340 g/mol. The Hall–Kier alpha value is -2.40. The number of aliphatic hydroxyl groups excluding tert-OH is 1. The van der Waals surface area contributed by atoms with Crippen LogP contribution in [-0.2, 0) is 24.1 Å². The van der Waals surface area contributed by atoms with Gasteiger partial charge in [-0.25, -0.2) is 4.79 Å². The van der Waals surface area contributed by atoms with Gasteiger partial charge in [0, 0.05) is 31.6 Å². The molecule has 1 heterocycles. The van der Waals surface area contributed by atoms with Crippen molar-refractivity contribution in [2.45, 2.75) is 52.2 Å². The topological polar surface area (TPSA) is 62.7 Å². The maximum absolute atomic E-state index is 12.7. The van der Waals surface area contributed by atoms with Crippen LogP contribution in [0.15, 0.2) is 48.7 Å². The molecule has 0 bridgehead atoms. The molecule has 0 radical (unpaired) electrons. The fourth-order valence-electron chi connectivity index (χ4n) is 2.79. The molecule has 5 heteroatoms. The zero-order valence-electron chi connectivity index (χ0n) is 16.5. The van der Waals surface area contributed by atoms with Crippen molar-refractivity contribution < 1.29 is 14.6 Å². The second-order valence-corrected chi connectivity index (χ2v) is 7.62. The summed E-state index contributed by atoms with van der Waals surface area (Å²) < 4.78 is 5.58. The minimum atomic E-state index is -0.533. The third kappa shape index (κ3) is 7.79. The lowest BCUT2D eigenvalue weighted by molar-refractivity contribution is 0.0231. The summed E-state index contributed by atoms with van der Waals surface area (Å²) in [4.78, 5) is 18.7. The molecule has 1 aromatic carbocycles. The van der Waals surface area contributed by atoms with Crippen LogP contribution in [0.5, 0.6) is 0 Å². The quantitative estimate of drug-likeness (QED) is 0.763. The molecule has 146 valence electrons. The first-order valence-corrected chi connectivity index (χ1v) is 9.44. The summed E-state index contributed by atoms with van der Waals surface area (Å²) >= 11 is 0. The lowest BCUT2D eigenvalue weighted by Crippen LogP contribution is -2.37. The van der Waals surface area contributed by atoms with Gasteiger partial charge in [-0.1, -0.05) is 30.3 Å². The maximum atomic E-state index is 12.7. The predicted octanol–water partition coefficient (Wildman–Crippen LogP) is 3.99. The van der Waals surface area contributed by atoms with Gasteiger partial charge in [0.1, 0.15) is 5.60 Å². The Kier molecular flexibility index (Phi) is 7.80. The van der Waals surface area contributed by atoms with Crippen molar-refractivity contribution >= 4 is 6.09 Å². The van der Waals surface area contributed by atoms with Gasteiger partial charge in [-0.3, -0.25) is 4.98 Å². The Labute approximate surface area is 162 Å². The van der Waals surface area contributed by atoms with Gasteiger partial charge in [-0.05, 0) is 63.3 Å². The van der Waals surface area contributed by atoms with E-state index in [1.807, 2.05) is 63.2 Å². The van der Waals surface area contributed by atoms with Crippen molar-refractivity contribution in [2.24, 2.45) is 0 Å². The van der Waals surface area contributed by atoms with Crippen molar-refractivity contribution in [3.8, 4) is 0 Å². The first kappa shape index (κ1) is 20.9. The molecule has 1 aromatic heterocycles. The third-order valence-electron chi connectivity index (χ3n) is 4.00. The zero-order valence-corrected chi connectivity index (χ0v) is 16.5. The number of benzene rings is 1. The number of hydrogen-bond donors (Lipinski definition) is 1. The van der Waals surface area contributed by atoms with E-state index in [4.69, 9.17) is 9.84 Å².